The van der Waals surface area contributed by atoms with Gasteiger partial charge < -0.3 is 9.64 Å². The highest BCUT2D eigenvalue weighted by Crippen LogP contribution is 2.24. The number of hydrogen-bond donors (Lipinski definition) is 0. The SMILES string of the molecule is CN(C)c1ccc(OC2CCCN(S(=O)(=O)CCC(F)(F)F)C2)nn1. The Morgan fingerprint density at radius 3 is 2.60 bits per heavy atom. The normalized spacial score (nSPS) is 19.6. The summed E-state index contributed by atoms with van der Waals surface area (Å²) in [6, 6.07) is 3.34. The van der Waals surface area contributed by atoms with E-state index in [4.69, 9.17) is 4.74 Å². The minimum Gasteiger partial charge on any atom is -0.472 e. The van der Waals surface area contributed by atoms with Gasteiger partial charge in [0.25, 0.3) is 0 Å². The topological polar surface area (TPSA) is 75.6 Å². The summed E-state index contributed by atoms with van der Waals surface area (Å²) in [4.78, 5) is 1.77. The van der Waals surface area contributed by atoms with Crippen LogP contribution in [0.5, 0.6) is 5.88 Å². The minimum atomic E-state index is -4.50. The summed E-state index contributed by atoms with van der Waals surface area (Å²) in [7, 11) is -0.339. The molecule has 0 spiro atoms. The van der Waals surface area contributed by atoms with Crippen LogP contribution in [-0.2, 0) is 10.0 Å². The Bertz CT molecular complexity index is 665. The highest BCUT2D eigenvalue weighted by molar-refractivity contribution is 7.89. The van der Waals surface area contributed by atoms with Gasteiger partial charge in [0, 0.05) is 26.7 Å². The van der Waals surface area contributed by atoms with Gasteiger partial charge in [0.1, 0.15) is 6.10 Å². The maximum Gasteiger partial charge on any atom is 0.390 e. The zero-order chi connectivity index (χ0) is 18.7. The first-order valence-corrected chi connectivity index (χ1v) is 9.40. The Morgan fingerprint density at radius 2 is 2.04 bits per heavy atom. The summed E-state index contributed by atoms with van der Waals surface area (Å²) in [6.07, 6.45) is -5.20. The molecule has 1 aliphatic heterocycles. The molecule has 0 bridgehead atoms. The molecule has 1 atom stereocenters. The third kappa shape index (κ3) is 5.99. The van der Waals surface area contributed by atoms with Crippen LogP contribution in [0.1, 0.15) is 19.3 Å². The van der Waals surface area contributed by atoms with Gasteiger partial charge in [-0.3, -0.25) is 0 Å². The molecule has 142 valence electrons. The van der Waals surface area contributed by atoms with Crippen molar-refractivity contribution in [3.05, 3.63) is 12.1 Å². The number of rotatable bonds is 6. The van der Waals surface area contributed by atoms with Gasteiger partial charge in [-0.2, -0.15) is 17.5 Å². The van der Waals surface area contributed by atoms with Gasteiger partial charge in [-0.25, -0.2) is 8.42 Å². The van der Waals surface area contributed by atoms with Crippen LogP contribution in [0.2, 0.25) is 0 Å². The number of piperidine rings is 1. The molecular formula is C14H21F3N4O3S. The lowest BCUT2D eigenvalue weighted by molar-refractivity contribution is -0.130. The number of alkyl halides is 3. The van der Waals surface area contributed by atoms with E-state index < -0.39 is 34.5 Å². The van der Waals surface area contributed by atoms with Crippen molar-refractivity contribution in [1.82, 2.24) is 14.5 Å². The fraction of sp³-hybridized carbons (Fsp3) is 0.714. The van der Waals surface area contributed by atoms with E-state index in [2.05, 4.69) is 10.2 Å². The van der Waals surface area contributed by atoms with Crippen molar-refractivity contribution >= 4 is 15.8 Å². The van der Waals surface area contributed by atoms with Crippen LogP contribution >= 0.6 is 0 Å². The van der Waals surface area contributed by atoms with Crippen molar-refractivity contribution in [2.75, 3.05) is 37.8 Å². The second-order valence-corrected chi connectivity index (χ2v) is 8.13. The maximum absolute atomic E-state index is 12.3. The summed E-state index contributed by atoms with van der Waals surface area (Å²) >= 11 is 0. The molecule has 2 heterocycles. The van der Waals surface area contributed by atoms with Gasteiger partial charge in [0.05, 0.1) is 18.7 Å². The molecule has 1 aromatic rings. The van der Waals surface area contributed by atoms with Gasteiger partial charge in [-0.05, 0) is 18.9 Å². The largest absolute Gasteiger partial charge is 0.472 e. The average molecular weight is 382 g/mol. The van der Waals surface area contributed by atoms with Crippen molar-refractivity contribution in [3.63, 3.8) is 0 Å². The van der Waals surface area contributed by atoms with Crippen molar-refractivity contribution in [3.8, 4) is 5.88 Å². The van der Waals surface area contributed by atoms with Crippen LogP contribution in [0.25, 0.3) is 0 Å². The standard InChI is InChI=1S/C14H21F3N4O3S/c1-20(2)12-5-6-13(19-18-12)24-11-4-3-8-21(10-11)25(22,23)9-7-14(15,16)17/h5-6,11H,3-4,7-10H2,1-2H3. The molecule has 1 unspecified atom stereocenters. The third-order valence-electron chi connectivity index (χ3n) is 3.75. The van der Waals surface area contributed by atoms with Crippen LogP contribution in [0.15, 0.2) is 12.1 Å². The fourth-order valence-corrected chi connectivity index (χ4v) is 3.96. The highest BCUT2D eigenvalue weighted by Gasteiger charge is 2.35. The molecule has 11 heteroatoms. The summed E-state index contributed by atoms with van der Waals surface area (Å²) < 4.78 is 67.7. The van der Waals surface area contributed by atoms with Gasteiger partial charge in [-0.15, -0.1) is 10.2 Å². The van der Waals surface area contributed by atoms with Crippen LogP contribution in [0, 0.1) is 0 Å². The molecule has 2 rings (SSSR count). The quantitative estimate of drug-likeness (QED) is 0.745. The van der Waals surface area contributed by atoms with Crippen molar-refractivity contribution < 1.29 is 26.3 Å². The van der Waals surface area contributed by atoms with Crippen LogP contribution in [0.3, 0.4) is 0 Å². The van der Waals surface area contributed by atoms with Gasteiger partial charge in [-0.1, -0.05) is 0 Å². The maximum atomic E-state index is 12.3. The number of ether oxygens (including phenoxy) is 1. The smallest absolute Gasteiger partial charge is 0.390 e. The fourth-order valence-electron chi connectivity index (χ4n) is 2.41. The zero-order valence-corrected chi connectivity index (χ0v) is 14.8. The average Bonchev–Trinajstić information content (AvgIpc) is 2.53. The monoisotopic (exact) mass is 382 g/mol. The van der Waals surface area contributed by atoms with E-state index in [1.54, 1.807) is 17.0 Å². The molecule has 0 N–H and O–H groups in total. The number of anilines is 1. The van der Waals surface area contributed by atoms with Crippen LogP contribution < -0.4 is 9.64 Å². The highest BCUT2D eigenvalue weighted by atomic mass is 32.2. The van der Waals surface area contributed by atoms with Gasteiger partial charge in [0.2, 0.25) is 15.9 Å². The lowest BCUT2D eigenvalue weighted by Gasteiger charge is -2.31. The van der Waals surface area contributed by atoms with E-state index in [0.29, 0.717) is 18.7 Å². The lowest BCUT2D eigenvalue weighted by Crippen LogP contribution is -2.45. The Hall–Kier alpha value is -1.62. The number of hydrogen-bond acceptors (Lipinski definition) is 6. The molecule has 7 nitrogen and oxygen atoms in total. The summed E-state index contributed by atoms with van der Waals surface area (Å²) in [5.74, 6) is -0.0434. The second kappa shape index (κ2) is 7.73. The minimum absolute atomic E-state index is 0.0112. The summed E-state index contributed by atoms with van der Waals surface area (Å²) in [5, 5.41) is 7.88. The zero-order valence-electron chi connectivity index (χ0n) is 14.0. The predicted molar refractivity (Wildman–Crippen MR) is 86.0 cm³/mol. The molecule has 1 aliphatic rings. The van der Waals surface area contributed by atoms with E-state index in [9.17, 15) is 21.6 Å². The molecule has 1 aromatic heterocycles. The Balaban J connectivity index is 1.96. The molecular weight excluding hydrogens is 361 g/mol. The molecule has 0 radical (unpaired) electrons. The summed E-state index contributed by atoms with van der Waals surface area (Å²) in [5.41, 5.74) is 0. The first-order chi connectivity index (χ1) is 11.6. The second-order valence-electron chi connectivity index (χ2n) is 6.05. The van der Waals surface area contributed by atoms with Gasteiger partial charge in [0.15, 0.2) is 5.82 Å². The van der Waals surface area contributed by atoms with Crippen molar-refractivity contribution in [2.24, 2.45) is 0 Å². The molecule has 0 amide bonds. The first kappa shape index (κ1) is 19.7. The van der Waals surface area contributed by atoms with E-state index >= 15 is 0 Å². The molecule has 0 saturated carbocycles. The predicted octanol–water partition coefficient (Wildman–Crippen LogP) is 1.67. The first-order valence-electron chi connectivity index (χ1n) is 7.79. The Kier molecular flexibility index (Phi) is 6.09. The Morgan fingerprint density at radius 1 is 1.32 bits per heavy atom. The molecule has 25 heavy (non-hydrogen) atoms. The summed E-state index contributed by atoms with van der Waals surface area (Å²) in [6.45, 7) is 0.211. The van der Waals surface area contributed by atoms with Crippen LogP contribution in [0.4, 0.5) is 19.0 Å². The van der Waals surface area contributed by atoms with E-state index in [1.807, 2.05) is 14.1 Å². The number of halogens is 3. The Labute approximate surface area is 144 Å². The van der Waals surface area contributed by atoms with Crippen molar-refractivity contribution in [2.45, 2.75) is 31.5 Å². The lowest BCUT2D eigenvalue weighted by atomic mass is 10.1. The van der Waals surface area contributed by atoms with Crippen molar-refractivity contribution in [1.29, 1.82) is 0 Å². The van der Waals surface area contributed by atoms with E-state index in [1.165, 1.54) is 0 Å². The van der Waals surface area contributed by atoms with E-state index in [0.717, 1.165) is 4.31 Å². The van der Waals surface area contributed by atoms with Crippen LogP contribution in [-0.4, -0.2) is 68.1 Å². The molecule has 0 aromatic carbocycles. The number of nitrogens with zero attached hydrogens (tertiary/aromatic N) is 4. The molecule has 0 aliphatic carbocycles. The third-order valence-corrected chi connectivity index (χ3v) is 5.59. The molecule has 1 saturated heterocycles. The molecule has 1 fully saturated rings. The van der Waals surface area contributed by atoms with E-state index in [-0.39, 0.29) is 19.0 Å². The number of aromatic nitrogens is 2. The number of sulfonamides is 1. The van der Waals surface area contributed by atoms with Gasteiger partial charge >= 0.3 is 6.18 Å².